The average Bonchev–Trinajstić information content (AvgIpc) is 3.08. The van der Waals surface area contributed by atoms with Gasteiger partial charge in [0.05, 0.1) is 12.5 Å². The lowest BCUT2D eigenvalue weighted by molar-refractivity contribution is 0.276. The van der Waals surface area contributed by atoms with Crippen molar-refractivity contribution in [2.75, 3.05) is 19.3 Å². The molecule has 1 aliphatic heterocycles. The third kappa shape index (κ3) is 2.51. The van der Waals surface area contributed by atoms with Crippen LogP contribution in [0.15, 0.2) is 35.2 Å². The van der Waals surface area contributed by atoms with Gasteiger partial charge in [-0.1, -0.05) is 0 Å². The monoisotopic (exact) mass is 295 g/mol. The van der Waals surface area contributed by atoms with Crippen molar-refractivity contribution in [2.24, 2.45) is 0 Å². The molecule has 1 fully saturated rings. The molecule has 6 nitrogen and oxygen atoms in total. The maximum Gasteiger partial charge on any atom is 0.211 e. The molecule has 0 radical (unpaired) electrons. The van der Waals surface area contributed by atoms with Crippen LogP contribution in [0.3, 0.4) is 0 Å². The molecule has 3 rings (SSSR count). The molecule has 2 aromatic rings. The molecule has 2 aromatic heterocycles. The molecule has 0 aliphatic carbocycles. The Morgan fingerprint density at radius 3 is 2.70 bits per heavy atom. The molecule has 3 heterocycles. The SMILES string of the molecule is CS(=O)(=O)N1CCC(n2ccnc2-c2ccco2)CC1. The first-order chi connectivity index (χ1) is 9.55. The first-order valence-corrected chi connectivity index (χ1v) is 8.42. The van der Waals surface area contributed by atoms with Crippen LogP contribution in [0, 0.1) is 0 Å². The van der Waals surface area contributed by atoms with Gasteiger partial charge in [0, 0.05) is 31.5 Å². The summed E-state index contributed by atoms with van der Waals surface area (Å²) in [7, 11) is -3.08. The van der Waals surface area contributed by atoms with Crippen LogP contribution in [0.2, 0.25) is 0 Å². The molecule has 0 atom stereocenters. The van der Waals surface area contributed by atoms with E-state index in [9.17, 15) is 8.42 Å². The van der Waals surface area contributed by atoms with E-state index in [1.54, 1.807) is 12.5 Å². The van der Waals surface area contributed by atoms with Crippen LogP contribution in [0.5, 0.6) is 0 Å². The summed E-state index contributed by atoms with van der Waals surface area (Å²) in [5.41, 5.74) is 0. The molecule has 0 amide bonds. The van der Waals surface area contributed by atoms with Gasteiger partial charge in [0.2, 0.25) is 10.0 Å². The summed E-state index contributed by atoms with van der Waals surface area (Å²) in [6.07, 6.45) is 8.15. The highest BCUT2D eigenvalue weighted by atomic mass is 32.2. The van der Waals surface area contributed by atoms with Crippen molar-refractivity contribution in [3.63, 3.8) is 0 Å². The molecule has 1 saturated heterocycles. The van der Waals surface area contributed by atoms with E-state index >= 15 is 0 Å². The van der Waals surface area contributed by atoms with Gasteiger partial charge in [0.25, 0.3) is 0 Å². The number of hydrogen-bond donors (Lipinski definition) is 0. The van der Waals surface area contributed by atoms with Gasteiger partial charge in [-0.15, -0.1) is 0 Å². The number of hydrogen-bond acceptors (Lipinski definition) is 4. The number of sulfonamides is 1. The summed E-state index contributed by atoms with van der Waals surface area (Å²) in [5.74, 6) is 1.54. The van der Waals surface area contributed by atoms with Gasteiger partial charge in [0.15, 0.2) is 11.6 Å². The van der Waals surface area contributed by atoms with Crippen molar-refractivity contribution in [2.45, 2.75) is 18.9 Å². The second kappa shape index (κ2) is 5.06. The fraction of sp³-hybridized carbons (Fsp3) is 0.462. The van der Waals surface area contributed by atoms with Crippen molar-refractivity contribution in [3.8, 4) is 11.6 Å². The molecule has 1 aliphatic rings. The molecular weight excluding hydrogens is 278 g/mol. The van der Waals surface area contributed by atoms with Gasteiger partial charge in [-0.05, 0) is 25.0 Å². The van der Waals surface area contributed by atoms with Crippen LogP contribution in [-0.4, -0.2) is 41.6 Å². The second-order valence-corrected chi connectivity index (χ2v) is 7.01. The zero-order valence-electron chi connectivity index (χ0n) is 11.3. The zero-order valence-corrected chi connectivity index (χ0v) is 12.1. The van der Waals surface area contributed by atoms with E-state index in [2.05, 4.69) is 9.55 Å². The minimum Gasteiger partial charge on any atom is -0.461 e. The molecule has 0 spiro atoms. The van der Waals surface area contributed by atoms with E-state index in [0.717, 1.165) is 24.4 Å². The molecule has 20 heavy (non-hydrogen) atoms. The summed E-state index contributed by atoms with van der Waals surface area (Å²) in [5, 5.41) is 0. The summed E-state index contributed by atoms with van der Waals surface area (Å²) in [4.78, 5) is 4.34. The van der Waals surface area contributed by atoms with Gasteiger partial charge < -0.3 is 8.98 Å². The predicted molar refractivity (Wildman–Crippen MR) is 74.6 cm³/mol. The third-order valence-corrected chi connectivity index (χ3v) is 5.00. The van der Waals surface area contributed by atoms with Crippen LogP contribution in [0.1, 0.15) is 18.9 Å². The lowest BCUT2D eigenvalue weighted by Crippen LogP contribution is -2.38. The predicted octanol–water partition coefficient (Wildman–Crippen LogP) is 1.74. The van der Waals surface area contributed by atoms with Crippen molar-refractivity contribution >= 4 is 10.0 Å². The summed E-state index contributed by atoms with van der Waals surface area (Å²) >= 11 is 0. The van der Waals surface area contributed by atoms with Crippen molar-refractivity contribution in [3.05, 3.63) is 30.8 Å². The van der Waals surface area contributed by atoms with E-state index < -0.39 is 10.0 Å². The first-order valence-electron chi connectivity index (χ1n) is 6.57. The molecule has 108 valence electrons. The lowest BCUT2D eigenvalue weighted by atomic mass is 10.1. The highest BCUT2D eigenvalue weighted by Gasteiger charge is 2.27. The molecule has 0 bridgehead atoms. The molecule has 7 heteroatoms. The highest BCUT2D eigenvalue weighted by molar-refractivity contribution is 7.88. The molecule has 0 aromatic carbocycles. The van der Waals surface area contributed by atoms with E-state index in [4.69, 9.17) is 4.42 Å². The highest BCUT2D eigenvalue weighted by Crippen LogP contribution is 2.28. The van der Waals surface area contributed by atoms with Gasteiger partial charge in [-0.3, -0.25) is 0 Å². The van der Waals surface area contributed by atoms with Gasteiger partial charge in [0.1, 0.15) is 0 Å². The topological polar surface area (TPSA) is 68.3 Å². The van der Waals surface area contributed by atoms with Gasteiger partial charge in [-0.25, -0.2) is 17.7 Å². The molecule has 0 unspecified atom stereocenters. The summed E-state index contributed by atoms with van der Waals surface area (Å²) in [6, 6.07) is 3.97. The van der Waals surface area contributed by atoms with Crippen LogP contribution in [0.4, 0.5) is 0 Å². The Hall–Kier alpha value is -1.60. The van der Waals surface area contributed by atoms with Crippen molar-refractivity contribution in [1.29, 1.82) is 0 Å². The van der Waals surface area contributed by atoms with E-state index in [1.165, 1.54) is 10.6 Å². The van der Waals surface area contributed by atoms with Gasteiger partial charge >= 0.3 is 0 Å². The number of furan rings is 1. The molecule has 0 saturated carbocycles. The minimum absolute atomic E-state index is 0.260. The number of imidazole rings is 1. The number of aromatic nitrogens is 2. The largest absolute Gasteiger partial charge is 0.461 e. The third-order valence-electron chi connectivity index (χ3n) is 3.70. The Labute approximate surface area is 118 Å². The number of rotatable bonds is 3. The maximum absolute atomic E-state index is 11.5. The zero-order chi connectivity index (χ0) is 14.2. The van der Waals surface area contributed by atoms with Crippen LogP contribution in [0.25, 0.3) is 11.6 Å². The average molecular weight is 295 g/mol. The molecular formula is C13H17N3O3S. The van der Waals surface area contributed by atoms with E-state index in [0.29, 0.717) is 13.1 Å². The van der Waals surface area contributed by atoms with Crippen LogP contribution >= 0.6 is 0 Å². The Morgan fingerprint density at radius 2 is 2.10 bits per heavy atom. The first kappa shape index (κ1) is 13.4. The second-order valence-electron chi connectivity index (χ2n) is 5.03. The van der Waals surface area contributed by atoms with Gasteiger partial charge in [-0.2, -0.15) is 0 Å². The quantitative estimate of drug-likeness (QED) is 0.865. The molecule has 0 N–H and O–H groups in total. The van der Waals surface area contributed by atoms with Crippen molar-refractivity contribution in [1.82, 2.24) is 13.9 Å². The Bertz CT molecular complexity index is 668. The summed E-state index contributed by atoms with van der Waals surface area (Å²) < 4.78 is 32.1. The van der Waals surface area contributed by atoms with Crippen LogP contribution in [-0.2, 0) is 10.0 Å². The van der Waals surface area contributed by atoms with Crippen molar-refractivity contribution < 1.29 is 12.8 Å². The van der Waals surface area contributed by atoms with E-state index in [-0.39, 0.29) is 6.04 Å². The number of nitrogens with zero attached hydrogens (tertiary/aromatic N) is 3. The number of piperidine rings is 1. The fourth-order valence-corrected chi connectivity index (χ4v) is 3.53. The normalized spacial score (nSPS) is 18.4. The Kier molecular flexibility index (Phi) is 3.39. The maximum atomic E-state index is 11.5. The summed E-state index contributed by atoms with van der Waals surface area (Å²) in [6.45, 7) is 1.11. The lowest BCUT2D eigenvalue weighted by Gasteiger charge is -2.31. The smallest absolute Gasteiger partial charge is 0.211 e. The Balaban J connectivity index is 1.78. The standard InChI is InChI=1S/C13H17N3O3S/c1-20(17,18)15-7-4-11(5-8-15)16-9-6-14-13(16)12-3-2-10-19-12/h2-3,6,9-11H,4-5,7-8H2,1H3. The minimum atomic E-state index is -3.08. The Morgan fingerprint density at radius 1 is 1.35 bits per heavy atom. The van der Waals surface area contributed by atoms with Crippen LogP contribution < -0.4 is 0 Å². The fourth-order valence-electron chi connectivity index (χ4n) is 2.66. The van der Waals surface area contributed by atoms with E-state index in [1.807, 2.05) is 18.3 Å².